The summed E-state index contributed by atoms with van der Waals surface area (Å²) in [4.78, 5) is 109. The predicted molar refractivity (Wildman–Crippen MR) is 538 cm³/mol. The average Bonchev–Trinajstić information content (AvgIpc) is 1.60. The number of halogens is 3. The lowest BCUT2D eigenvalue weighted by atomic mass is 9.82. The van der Waals surface area contributed by atoms with Crippen LogP contribution in [0.15, 0.2) is 67.9 Å². The largest absolute Gasteiger partial charge is 0.494 e. The molecule has 820 valence electrons. The van der Waals surface area contributed by atoms with Crippen LogP contribution in [0.4, 0.5) is 24.8 Å². The van der Waals surface area contributed by atoms with Crippen molar-refractivity contribution in [3.63, 3.8) is 0 Å². The maximum absolute atomic E-state index is 17.0. The number of nitrogens with zero attached hydrogens (tertiary/aromatic N) is 11. The molecule has 7 aromatic rings. The molecule has 3 fully saturated rings. The first-order chi connectivity index (χ1) is 67.8. The highest BCUT2D eigenvalue weighted by Crippen LogP contribution is 2.56. The number of rotatable bonds is 51. The number of carbonyl (C=O) groups is 6. The second-order valence-corrected chi connectivity index (χ2v) is 52.0. The van der Waals surface area contributed by atoms with Crippen LogP contribution in [0, 0.1) is 23.2 Å². The molecule has 47 nitrogen and oxygen atoms in total. The SMILES string of the molecule is CCNc1ncnc2c1ncn2[C@@H]1O[C@H](COP(C)(=O)N[C@@H](C)C(=O)OC(C)C)C(C)(COP(C)(=O)N[C@@H](C)C(=O)OC(C)C)[C@H]1F.COc1ccnc2c1ncn2C1O[C@H](COP(C)(=O)N[C@@H](C)C(=O)OC(C)C)C(C)(COP(C)(=O)N[C@@H](C)C(=O)OC(C)C)[C@H]1F.Cc1nc(NCc2ccccc2)c2ncn([C@@H]3O[C@H](COP(C)(=O)N[C@@H](C)C(=O)OC(C)C)C(C)(COP(C)(=O)N[C@@H](C)C(=O)OC(C)C)[C@H]3F)c2n1. The molecule has 3 aliphatic rings. The van der Waals surface area contributed by atoms with Crippen molar-refractivity contribution < 1.29 is 144 Å². The van der Waals surface area contributed by atoms with Crippen LogP contribution in [-0.2, 0) is 132 Å². The second-order valence-electron chi connectivity index (χ2n) is 38.8. The van der Waals surface area contributed by atoms with E-state index in [1.807, 2.05) is 37.3 Å². The van der Waals surface area contributed by atoms with Crippen molar-refractivity contribution in [1.82, 2.24) is 84.1 Å². The number of aryl methyl sites for hydroxylation is 1. The van der Waals surface area contributed by atoms with Crippen molar-refractivity contribution in [2.45, 2.75) is 294 Å². The number of hydrogen-bond acceptors (Lipinski definition) is 38. The van der Waals surface area contributed by atoms with E-state index < -0.39 is 229 Å². The lowest BCUT2D eigenvalue weighted by molar-refractivity contribution is -0.149. The Morgan fingerprint density at radius 1 is 0.390 bits per heavy atom. The molecule has 0 aliphatic carbocycles. The van der Waals surface area contributed by atoms with Crippen LogP contribution >= 0.6 is 45.1 Å². The Labute approximate surface area is 849 Å². The van der Waals surface area contributed by atoms with Crippen LogP contribution in [0.25, 0.3) is 33.5 Å². The first-order valence-electron chi connectivity index (χ1n) is 47.7. The average molecular weight is 2190 g/mol. The molecule has 6 aromatic heterocycles. The zero-order chi connectivity index (χ0) is 109. The summed E-state index contributed by atoms with van der Waals surface area (Å²) >= 11 is 0. The molecule has 10 unspecified atom stereocenters. The normalized spacial score (nSPS) is 24.9. The van der Waals surface area contributed by atoms with E-state index >= 15 is 13.2 Å². The number of methoxy groups -OCH3 is 1. The van der Waals surface area contributed by atoms with E-state index in [0.29, 0.717) is 64.1 Å². The standard InChI is InChI=1S/C34H52FN7O9P2.C28H48FN7O9P2.C28H46FN5O10P2/c1-20(2)49-32(43)22(5)40-52(9,45)47-17-26-34(8,18-48-53(10,46)41-23(6)33(44)50-21(3)4)28(35)31(51-26)42-19-37-27-29(38-24(7)39-30(27)42)36-16-25-14-12-11-13-15-25;1-11-30-23-21-24(32-14-31-23)36(15-33-21)25-22(29)28(8,13-42-47(10,40)35-19(7)27(38)44-17(4)5)20(45-25)12-41-46(9,39)34-18(6)26(37)43-16(2)3;1-16(2)42-26(35)18(5)32-45(9,37)40-13-21-28(7,14-41-46(10,38)33-19(6)27(36)43-17(3)4)23(29)25(44-21)34-15-31-22-20(39-8)11-12-30-24(22)34/h11-15,19-23,26,28,31H,16-18H2,1-10H3,(H,40,45)(H,41,46)(H,36,38,39);14-20,22,25H,11-13H2,1-10H3,(H,34,39)(H,35,40)(H,30,31,32);11-12,15-19,21,23,25H,13-14H2,1-10H3,(H,32,37)(H,33,38)/t22-,23-,26+,28-,31+,34?,52?,53?;18-,19-,20+,22-,25+,28?,46?,47?;18-,19-,21+,23-,25?,28?,45?,46?/m000/s1. The number of aromatic nitrogens is 11. The predicted octanol–water partition coefficient (Wildman–Crippen LogP) is 13.8. The minimum Gasteiger partial charge on any atom is -0.494 e. The van der Waals surface area contributed by atoms with Gasteiger partial charge in [-0.2, -0.15) is 0 Å². The van der Waals surface area contributed by atoms with E-state index in [0.717, 1.165) is 5.56 Å². The van der Waals surface area contributed by atoms with Crippen LogP contribution in [0.3, 0.4) is 0 Å². The number of ether oxygens (including phenoxy) is 10. The van der Waals surface area contributed by atoms with Crippen LogP contribution in [0.1, 0.15) is 182 Å². The number of carbonyl (C=O) groups excluding carboxylic acids is 6. The summed E-state index contributed by atoms with van der Waals surface area (Å²) in [7, 11) is -20.7. The highest BCUT2D eigenvalue weighted by atomic mass is 31.2. The summed E-state index contributed by atoms with van der Waals surface area (Å²) in [6.07, 6.45) is -8.03. The molecule has 0 bridgehead atoms. The van der Waals surface area contributed by atoms with Crippen molar-refractivity contribution in [3.8, 4) is 5.75 Å². The molecule has 0 amide bonds. The number of esters is 6. The Bertz CT molecular complexity index is 5900. The van der Waals surface area contributed by atoms with Gasteiger partial charge in [0.15, 0.2) is 76.8 Å². The van der Waals surface area contributed by atoms with Crippen molar-refractivity contribution in [2.75, 3.05) is 104 Å². The first kappa shape index (κ1) is 123. The highest BCUT2D eigenvalue weighted by Gasteiger charge is 2.60. The third kappa shape index (κ3) is 33.9. The summed E-state index contributed by atoms with van der Waals surface area (Å²) in [5, 5.41) is 22.3. The fraction of sp³-hybridized carbons (Fsp3) is 0.689. The van der Waals surface area contributed by atoms with Gasteiger partial charge in [-0.1, -0.05) is 51.1 Å². The van der Waals surface area contributed by atoms with Crippen molar-refractivity contribution in [1.29, 1.82) is 0 Å². The number of imidazole rings is 3. The summed E-state index contributed by atoms with van der Waals surface area (Å²) in [5.41, 5.74) is -1.56. The first-order valence-corrected chi connectivity index (χ1v) is 60.1. The van der Waals surface area contributed by atoms with Gasteiger partial charge in [-0.05, 0) is 144 Å². The number of anilines is 2. The van der Waals surface area contributed by atoms with Gasteiger partial charge in [0, 0.05) is 65.3 Å². The van der Waals surface area contributed by atoms with Gasteiger partial charge in [0.05, 0.1) is 137 Å². The lowest BCUT2D eigenvalue weighted by Gasteiger charge is -2.33. The molecule has 0 spiro atoms. The molecule has 9 heterocycles. The molecule has 1 aromatic carbocycles. The van der Waals surface area contributed by atoms with Gasteiger partial charge in [0.2, 0.25) is 0 Å². The zero-order valence-corrected chi connectivity index (χ0v) is 93.7. The third-order valence-electron chi connectivity index (χ3n) is 22.8. The Hall–Kier alpha value is -8.27. The molecule has 3 aliphatic heterocycles. The fourth-order valence-corrected chi connectivity index (χ4v) is 23.4. The molecule has 3 saturated heterocycles. The Kier molecular flexibility index (Phi) is 43.9. The summed E-state index contributed by atoms with van der Waals surface area (Å²) in [6, 6.07) is 5.50. The molecular formula is C90H146F3N19O28P6. The van der Waals surface area contributed by atoms with Crippen LogP contribution < -0.4 is 45.9 Å². The van der Waals surface area contributed by atoms with Crippen molar-refractivity contribution in [3.05, 3.63) is 79.3 Å². The Morgan fingerprint density at radius 2 is 0.685 bits per heavy atom. The van der Waals surface area contributed by atoms with Gasteiger partial charge in [0.1, 0.15) is 59.7 Å². The molecule has 146 heavy (non-hydrogen) atoms. The molecule has 56 heteroatoms. The zero-order valence-electron chi connectivity index (χ0n) is 88.3. The van der Waals surface area contributed by atoms with Gasteiger partial charge < -0.3 is 85.1 Å². The van der Waals surface area contributed by atoms with Gasteiger partial charge in [-0.25, -0.2) is 83.6 Å². The number of hydrogen-bond donors (Lipinski definition) is 8. The van der Waals surface area contributed by atoms with Gasteiger partial charge in [-0.3, -0.25) is 69.9 Å². The maximum atomic E-state index is 17.0. The molecule has 8 N–H and O–H groups in total. The van der Waals surface area contributed by atoms with E-state index in [2.05, 4.69) is 81.0 Å². The van der Waals surface area contributed by atoms with Gasteiger partial charge >= 0.3 is 35.8 Å². The van der Waals surface area contributed by atoms with Crippen LogP contribution in [-0.4, -0.2) is 292 Å². The molecule has 0 radical (unpaired) electrons. The van der Waals surface area contributed by atoms with E-state index in [4.69, 9.17) is 74.5 Å². The van der Waals surface area contributed by atoms with E-state index in [-0.39, 0.29) is 42.3 Å². The minimum atomic E-state index is -3.73. The van der Waals surface area contributed by atoms with Crippen molar-refractivity contribution >= 4 is 126 Å². The summed E-state index contributed by atoms with van der Waals surface area (Å²) < 4.78 is 225. The monoisotopic (exact) mass is 2180 g/mol. The number of fused-ring (bicyclic) bond motifs is 3. The quantitative estimate of drug-likeness (QED) is 0.00997. The van der Waals surface area contributed by atoms with E-state index in [1.165, 1.54) is 155 Å². The van der Waals surface area contributed by atoms with Crippen molar-refractivity contribution in [2.24, 2.45) is 16.2 Å². The summed E-state index contributed by atoms with van der Waals surface area (Å²) in [5.74, 6) is -2.00. The third-order valence-corrected chi connectivity index (χ3v) is 31.8. The van der Waals surface area contributed by atoms with Gasteiger partial charge in [-0.15, -0.1) is 0 Å². The van der Waals surface area contributed by atoms with E-state index in [9.17, 15) is 56.2 Å². The minimum absolute atomic E-state index is 0.289. The topological polar surface area (TPSA) is 567 Å². The lowest BCUT2D eigenvalue weighted by Crippen LogP contribution is -2.43. The Morgan fingerprint density at radius 3 is 0.993 bits per heavy atom. The smallest absolute Gasteiger partial charge is 0.323 e. The molecule has 24 atom stereocenters. The molecule has 10 rings (SSSR count). The molecule has 0 saturated carbocycles. The summed E-state index contributed by atoms with van der Waals surface area (Å²) in [6.45, 7) is 43.4. The fourth-order valence-electron chi connectivity index (χ4n) is 15.3. The van der Waals surface area contributed by atoms with E-state index in [1.54, 1.807) is 96.1 Å². The second kappa shape index (κ2) is 52.2. The Balaban J connectivity index is 0.000000268. The number of alkyl halides is 3. The van der Waals surface area contributed by atoms with Crippen LogP contribution in [0.2, 0.25) is 0 Å². The van der Waals surface area contributed by atoms with Crippen LogP contribution in [0.5, 0.6) is 5.75 Å². The number of nitrogens with one attached hydrogen (secondary N) is 8. The number of pyridine rings is 1. The number of benzene rings is 1. The molecular weight excluding hydrogens is 2040 g/mol. The van der Waals surface area contributed by atoms with Gasteiger partial charge in [0.25, 0.3) is 45.1 Å². The maximum Gasteiger partial charge on any atom is 0.323 e. The highest BCUT2D eigenvalue weighted by molar-refractivity contribution is 7.57.